The summed E-state index contributed by atoms with van der Waals surface area (Å²) in [6.07, 6.45) is 1.58. The SMILES string of the molecule is C/C(=C\NC(=O)NC1C(=O)N2C1SC(C)(C)[C@@H]2C(=O)O)c1ccccc1. The summed E-state index contributed by atoms with van der Waals surface area (Å²) in [6, 6.07) is 7.51. The normalized spacial score (nSPS) is 26.7. The first-order chi connectivity index (χ1) is 12.2. The Morgan fingerprint density at radius 2 is 1.92 bits per heavy atom. The summed E-state index contributed by atoms with van der Waals surface area (Å²) in [5, 5.41) is 14.3. The van der Waals surface area contributed by atoms with Crippen LogP contribution in [-0.2, 0) is 9.59 Å². The number of carboxylic acids is 1. The molecule has 0 bridgehead atoms. The second-order valence-electron chi connectivity index (χ2n) is 6.89. The molecule has 7 nitrogen and oxygen atoms in total. The van der Waals surface area contributed by atoms with Gasteiger partial charge < -0.3 is 20.6 Å². The van der Waals surface area contributed by atoms with Crippen molar-refractivity contribution in [3.63, 3.8) is 0 Å². The highest BCUT2D eigenvalue weighted by atomic mass is 32.2. The number of β-lactam (4-membered cyclic amide) rings is 1. The van der Waals surface area contributed by atoms with Gasteiger partial charge in [0.1, 0.15) is 17.5 Å². The second-order valence-corrected chi connectivity index (χ2v) is 8.66. The van der Waals surface area contributed by atoms with E-state index >= 15 is 0 Å². The zero-order valence-corrected chi connectivity index (χ0v) is 15.5. The van der Waals surface area contributed by atoms with Crippen molar-refractivity contribution in [1.82, 2.24) is 15.5 Å². The van der Waals surface area contributed by atoms with Crippen molar-refractivity contribution >= 4 is 35.2 Å². The highest BCUT2D eigenvalue weighted by Gasteiger charge is 2.64. The lowest BCUT2D eigenvalue weighted by atomic mass is 9.96. The third-order valence-electron chi connectivity index (χ3n) is 4.61. The molecular formula is C18H21N3O4S. The van der Waals surface area contributed by atoms with E-state index in [1.54, 1.807) is 20.0 Å². The molecule has 2 heterocycles. The fourth-order valence-corrected chi connectivity index (χ4v) is 4.91. The topological polar surface area (TPSA) is 98.7 Å². The maximum absolute atomic E-state index is 12.3. The van der Waals surface area contributed by atoms with Crippen LogP contribution < -0.4 is 10.6 Å². The van der Waals surface area contributed by atoms with Crippen molar-refractivity contribution in [2.24, 2.45) is 0 Å². The molecule has 0 aliphatic carbocycles. The smallest absolute Gasteiger partial charge is 0.327 e. The van der Waals surface area contributed by atoms with Crippen molar-refractivity contribution in [3.8, 4) is 0 Å². The number of aliphatic carboxylic acids is 1. The number of rotatable bonds is 4. The summed E-state index contributed by atoms with van der Waals surface area (Å²) in [5.74, 6) is -1.39. The zero-order chi connectivity index (χ0) is 19.1. The largest absolute Gasteiger partial charge is 0.480 e. The lowest BCUT2D eigenvalue weighted by Gasteiger charge is -2.43. The standard InChI is InChI=1S/C18H21N3O4S/c1-10(11-7-5-4-6-8-11)9-19-17(25)20-12-14(22)21-13(16(23)24)18(2,3)26-15(12)21/h4-9,12-13,15H,1-3H3,(H,23,24)(H2,19,20,25)/b10-9+/t12?,13-,15?/m0/s1. The van der Waals surface area contributed by atoms with Gasteiger partial charge in [-0.2, -0.15) is 0 Å². The summed E-state index contributed by atoms with van der Waals surface area (Å²) in [6.45, 7) is 5.47. The van der Waals surface area contributed by atoms with Crippen LogP contribution in [0.25, 0.3) is 5.57 Å². The molecular weight excluding hydrogens is 354 g/mol. The number of carbonyl (C=O) groups excluding carboxylic acids is 2. The lowest BCUT2D eigenvalue weighted by Crippen LogP contribution is -2.71. The molecule has 2 aliphatic heterocycles. The van der Waals surface area contributed by atoms with Crippen molar-refractivity contribution in [1.29, 1.82) is 0 Å². The van der Waals surface area contributed by atoms with Crippen molar-refractivity contribution in [2.45, 2.75) is 43.0 Å². The summed E-state index contributed by atoms with van der Waals surface area (Å²) in [7, 11) is 0. The summed E-state index contributed by atoms with van der Waals surface area (Å²) in [4.78, 5) is 37.3. The van der Waals surface area contributed by atoms with E-state index in [2.05, 4.69) is 10.6 Å². The molecule has 0 radical (unpaired) electrons. The molecule has 2 aliphatic rings. The number of hydrogen-bond acceptors (Lipinski definition) is 4. The molecule has 2 fully saturated rings. The Morgan fingerprint density at radius 3 is 2.54 bits per heavy atom. The molecule has 1 aromatic carbocycles. The van der Waals surface area contributed by atoms with E-state index in [1.165, 1.54) is 16.7 Å². The zero-order valence-electron chi connectivity index (χ0n) is 14.7. The van der Waals surface area contributed by atoms with Gasteiger partial charge in [0, 0.05) is 10.9 Å². The number of nitrogens with zero attached hydrogens (tertiary/aromatic N) is 1. The minimum absolute atomic E-state index is 0.358. The Bertz CT molecular complexity index is 778. The molecule has 26 heavy (non-hydrogen) atoms. The van der Waals surface area contributed by atoms with E-state index in [-0.39, 0.29) is 11.3 Å². The minimum Gasteiger partial charge on any atom is -0.480 e. The molecule has 3 atom stereocenters. The molecule has 1 aromatic rings. The van der Waals surface area contributed by atoms with Crippen LogP contribution in [0.1, 0.15) is 26.3 Å². The van der Waals surface area contributed by atoms with Crippen LogP contribution in [0.5, 0.6) is 0 Å². The van der Waals surface area contributed by atoms with Gasteiger partial charge in [0.05, 0.1) is 0 Å². The molecule has 3 N–H and O–H groups in total. The quantitative estimate of drug-likeness (QED) is 0.698. The van der Waals surface area contributed by atoms with Crippen LogP contribution in [-0.4, -0.2) is 50.1 Å². The first-order valence-corrected chi connectivity index (χ1v) is 9.12. The number of benzene rings is 1. The van der Waals surface area contributed by atoms with Crippen molar-refractivity contribution in [3.05, 3.63) is 42.1 Å². The minimum atomic E-state index is -1.03. The fraction of sp³-hybridized carbons (Fsp3) is 0.389. The van der Waals surface area contributed by atoms with Crippen molar-refractivity contribution in [2.75, 3.05) is 0 Å². The van der Waals surface area contributed by atoms with Crippen LogP contribution in [0.3, 0.4) is 0 Å². The summed E-state index contributed by atoms with van der Waals surface area (Å²) >= 11 is 1.40. The van der Waals surface area contributed by atoms with E-state index in [4.69, 9.17) is 0 Å². The third-order valence-corrected chi connectivity index (χ3v) is 6.18. The van der Waals surface area contributed by atoms with Gasteiger partial charge in [-0.1, -0.05) is 30.3 Å². The Labute approximate surface area is 155 Å². The van der Waals surface area contributed by atoms with E-state index in [0.717, 1.165) is 11.1 Å². The molecule has 8 heteroatoms. The molecule has 2 saturated heterocycles. The van der Waals surface area contributed by atoms with Crippen LogP contribution in [0.2, 0.25) is 0 Å². The van der Waals surface area contributed by atoms with Gasteiger partial charge in [0.15, 0.2) is 0 Å². The number of carboxylic acid groups (broad SMARTS) is 1. The predicted octanol–water partition coefficient (Wildman–Crippen LogP) is 1.86. The predicted molar refractivity (Wildman–Crippen MR) is 99.3 cm³/mol. The lowest BCUT2D eigenvalue weighted by molar-refractivity contribution is -0.159. The van der Waals surface area contributed by atoms with Crippen LogP contribution in [0, 0.1) is 0 Å². The first-order valence-electron chi connectivity index (χ1n) is 8.24. The highest BCUT2D eigenvalue weighted by molar-refractivity contribution is 8.01. The number of urea groups is 1. The Hall–Kier alpha value is -2.48. The van der Waals surface area contributed by atoms with Gasteiger partial charge in [0.2, 0.25) is 5.91 Å². The van der Waals surface area contributed by atoms with E-state index < -0.39 is 28.8 Å². The van der Waals surface area contributed by atoms with Crippen molar-refractivity contribution < 1.29 is 19.5 Å². The van der Waals surface area contributed by atoms with Gasteiger partial charge in [-0.05, 0) is 31.9 Å². The summed E-state index contributed by atoms with van der Waals surface area (Å²) < 4.78 is -0.608. The van der Waals surface area contributed by atoms with Gasteiger partial charge in [-0.3, -0.25) is 4.79 Å². The molecule has 3 amide bonds. The number of carbonyl (C=O) groups is 3. The van der Waals surface area contributed by atoms with Crippen LogP contribution in [0.15, 0.2) is 36.5 Å². The number of thioether (sulfide) groups is 1. The maximum atomic E-state index is 12.3. The Morgan fingerprint density at radius 1 is 1.27 bits per heavy atom. The second kappa shape index (κ2) is 6.68. The van der Waals surface area contributed by atoms with Gasteiger partial charge in [-0.25, -0.2) is 9.59 Å². The third kappa shape index (κ3) is 3.16. The Kier molecular flexibility index (Phi) is 4.70. The fourth-order valence-electron chi connectivity index (χ4n) is 3.29. The monoisotopic (exact) mass is 375 g/mol. The van der Waals surface area contributed by atoms with Gasteiger partial charge >= 0.3 is 12.0 Å². The number of hydrogen-bond donors (Lipinski definition) is 3. The molecule has 0 saturated carbocycles. The van der Waals surface area contributed by atoms with Gasteiger partial charge in [-0.15, -0.1) is 11.8 Å². The van der Waals surface area contributed by atoms with Crippen LogP contribution >= 0.6 is 11.8 Å². The average molecular weight is 375 g/mol. The number of amides is 3. The number of nitrogens with one attached hydrogen (secondary N) is 2. The Balaban J connectivity index is 1.61. The molecule has 0 aromatic heterocycles. The summed E-state index contributed by atoms with van der Waals surface area (Å²) in [5.41, 5.74) is 1.86. The first kappa shape index (κ1) is 18.3. The number of fused-ring (bicyclic) bond motifs is 1. The van der Waals surface area contributed by atoms with Crippen LogP contribution in [0.4, 0.5) is 4.79 Å². The van der Waals surface area contributed by atoms with E-state index in [9.17, 15) is 19.5 Å². The van der Waals surface area contributed by atoms with E-state index in [0.29, 0.717) is 0 Å². The molecule has 2 unspecified atom stereocenters. The van der Waals surface area contributed by atoms with E-state index in [1.807, 2.05) is 37.3 Å². The molecule has 3 rings (SSSR count). The molecule has 0 spiro atoms. The number of allylic oxidation sites excluding steroid dienone is 1. The highest BCUT2D eigenvalue weighted by Crippen LogP contribution is 2.50. The molecule has 138 valence electrons. The average Bonchev–Trinajstić information content (AvgIpc) is 2.86. The van der Waals surface area contributed by atoms with Gasteiger partial charge in [0.25, 0.3) is 0 Å². The maximum Gasteiger partial charge on any atom is 0.327 e.